The third-order valence-electron chi connectivity index (χ3n) is 3.03. The van der Waals surface area contributed by atoms with Crippen molar-refractivity contribution in [1.29, 1.82) is 0 Å². The minimum atomic E-state index is -0.195. The highest BCUT2D eigenvalue weighted by Crippen LogP contribution is 2.12. The van der Waals surface area contributed by atoms with Crippen LogP contribution in [0.15, 0.2) is 6.20 Å². The largest absolute Gasteiger partial charge is 0.358 e. The van der Waals surface area contributed by atoms with Gasteiger partial charge in [-0.25, -0.2) is 4.68 Å². The van der Waals surface area contributed by atoms with E-state index in [2.05, 4.69) is 55.6 Å². The minimum Gasteiger partial charge on any atom is -0.358 e. The molecule has 1 unspecified atom stereocenters. The summed E-state index contributed by atoms with van der Waals surface area (Å²) in [6.07, 6.45) is 2.72. The summed E-state index contributed by atoms with van der Waals surface area (Å²) in [6.45, 7) is 11.0. The van der Waals surface area contributed by atoms with Crippen LogP contribution in [0.5, 0.6) is 0 Å². The number of hydrogen-bond donors (Lipinski definition) is 2. The van der Waals surface area contributed by atoms with Gasteiger partial charge in [-0.3, -0.25) is 4.79 Å². The summed E-state index contributed by atoms with van der Waals surface area (Å²) in [7, 11) is 1.66. The SMILES string of the molecule is CNC(=O)C(CC(C)C)NCc1cn(C(C)(C)C)nn1. The van der Waals surface area contributed by atoms with Crippen LogP contribution < -0.4 is 10.6 Å². The zero-order chi connectivity index (χ0) is 15.3. The van der Waals surface area contributed by atoms with Crippen LogP contribution in [0.1, 0.15) is 46.7 Å². The molecule has 1 amide bonds. The summed E-state index contributed by atoms with van der Waals surface area (Å²) in [5, 5.41) is 14.2. The molecule has 0 aliphatic heterocycles. The summed E-state index contributed by atoms with van der Waals surface area (Å²) < 4.78 is 1.83. The molecule has 1 rings (SSSR count). The highest BCUT2D eigenvalue weighted by molar-refractivity contribution is 5.81. The first-order valence-corrected chi connectivity index (χ1v) is 7.10. The van der Waals surface area contributed by atoms with Crippen LogP contribution >= 0.6 is 0 Å². The Balaban J connectivity index is 2.63. The predicted molar refractivity (Wildman–Crippen MR) is 79.2 cm³/mol. The number of hydrogen-bond acceptors (Lipinski definition) is 4. The fourth-order valence-corrected chi connectivity index (χ4v) is 1.86. The number of nitrogens with one attached hydrogen (secondary N) is 2. The average molecular weight is 281 g/mol. The van der Waals surface area contributed by atoms with Gasteiger partial charge >= 0.3 is 0 Å². The number of carbonyl (C=O) groups excluding carboxylic acids is 1. The van der Waals surface area contributed by atoms with Crippen molar-refractivity contribution < 1.29 is 4.79 Å². The molecule has 0 bridgehead atoms. The Morgan fingerprint density at radius 1 is 1.40 bits per heavy atom. The summed E-state index contributed by atoms with van der Waals surface area (Å²) in [5.41, 5.74) is 0.765. The van der Waals surface area contributed by atoms with Gasteiger partial charge in [0, 0.05) is 13.6 Å². The van der Waals surface area contributed by atoms with Gasteiger partial charge in [-0.1, -0.05) is 19.1 Å². The predicted octanol–water partition coefficient (Wildman–Crippen LogP) is 1.28. The molecule has 0 saturated carbocycles. The van der Waals surface area contributed by atoms with E-state index >= 15 is 0 Å². The van der Waals surface area contributed by atoms with E-state index in [0.717, 1.165) is 12.1 Å². The molecule has 0 aromatic carbocycles. The smallest absolute Gasteiger partial charge is 0.236 e. The molecule has 6 heteroatoms. The van der Waals surface area contributed by atoms with E-state index < -0.39 is 0 Å². The van der Waals surface area contributed by atoms with Crippen LogP contribution in [0.4, 0.5) is 0 Å². The quantitative estimate of drug-likeness (QED) is 0.824. The number of amides is 1. The number of rotatable bonds is 6. The van der Waals surface area contributed by atoms with Gasteiger partial charge in [0.25, 0.3) is 0 Å². The van der Waals surface area contributed by atoms with E-state index in [0.29, 0.717) is 12.5 Å². The van der Waals surface area contributed by atoms with E-state index in [1.54, 1.807) is 7.05 Å². The zero-order valence-electron chi connectivity index (χ0n) is 13.4. The fraction of sp³-hybridized carbons (Fsp3) is 0.786. The average Bonchev–Trinajstić information content (AvgIpc) is 2.81. The highest BCUT2D eigenvalue weighted by atomic mass is 16.2. The fourth-order valence-electron chi connectivity index (χ4n) is 1.86. The van der Waals surface area contributed by atoms with Gasteiger partial charge in [-0.2, -0.15) is 0 Å². The van der Waals surface area contributed by atoms with Crippen molar-refractivity contribution in [2.24, 2.45) is 5.92 Å². The number of aromatic nitrogens is 3. The molecule has 1 aromatic rings. The Morgan fingerprint density at radius 3 is 2.50 bits per heavy atom. The number of carbonyl (C=O) groups is 1. The van der Waals surface area contributed by atoms with E-state index in [9.17, 15) is 4.79 Å². The molecule has 6 nitrogen and oxygen atoms in total. The topological polar surface area (TPSA) is 71.8 Å². The van der Waals surface area contributed by atoms with Crippen molar-refractivity contribution in [3.63, 3.8) is 0 Å². The van der Waals surface area contributed by atoms with Gasteiger partial charge in [0.1, 0.15) is 0 Å². The third kappa shape index (κ3) is 4.92. The first-order valence-electron chi connectivity index (χ1n) is 7.10. The monoisotopic (exact) mass is 281 g/mol. The maximum absolute atomic E-state index is 11.8. The lowest BCUT2D eigenvalue weighted by molar-refractivity contribution is -0.123. The molecule has 0 aliphatic rings. The van der Waals surface area contributed by atoms with Crippen molar-refractivity contribution in [3.05, 3.63) is 11.9 Å². The molecule has 0 radical (unpaired) electrons. The molecule has 114 valence electrons. The van der Waals surface area contributed by atoms with E-state index in [1.807, 2.05) is 10.9 Å². The lowest BCUT2D eigenvalue weighted by atomic mass is 10.0. The van der Waals surface area contributed by atoms with Crippen LogP contribution in [0, 0.1) is 5.92 Å². The Morgan fingerprint density at radius 2 is 2.05 bits per heavy atom. The van der Waals surface area contributed by atoms with E-state index in [-0.39, 0.29) is 17.5 Å². The number of likely N-dealkylation sites (N-methyl/N-ethyl adjacent to an activating group) is 1. The Labute approximate surface area is 121 Å². The molecule has 1 atom stereocenters. The van der Waals surface area contributed by atoms with Gasteiger partial charge < -0.3 is 10.6 Å². The second kappa shape index (κ2) is 6.83. The Bertz CT molecular complexity index is 433. The lowest BCUT2D eigenvalue weighted by Crippen LogP contribution is -2.43. The van der Waals surface area contributed by atoms with Gasteiger partial charge in [0.2, 0.25) is 5.91 Å². The lowest BCUT2D eigenvalue weighted by Gasteiger charge is -2.19. The summed E-state index contributed by atoms with van der Waals surface area (Å²) in [6, 6.07) is -0.195. The molecule has 1 aromatic heterocycles. The molecular formula is C14H27N5O. The van der Waals surface area contributed by atoms with Crippen LogP contribution in [0.3, 0.4) is 0 Å². The molecule has 20 heavy (non-hydrogen) atoms. The summed E-state index contributed by atoms with van der Waals surface area (Å²) >= 11 is 0. The van der Waals surface area contributed by atoms with E-state index in [1.165, 1.54) is 0 Å². The molecule has 0 saturated heterocycles. The molecule has 0 spiro atoms. The summed E-state index contributed by atoms with van der Waals surface area (Å²) in [4.78, 5) is 11.8. The van der Waals surface area contributed by atoms with Crippen molar-refractivity contribution >= 4 is 5.91 Å². The van der Waals surface area contributed by atoms with Crippen molar-refractivity contribution in [2.45, 2.75) is 59.2 Å². The maximum atomic E-state index is 11.8. The highest BCUT2D eigenvalue weighted by Gasteiger charge is 2.19. The zero-order valence-corrected chi connectivity index (χ0v) is 13.4. The van der Waals surface area contributed by atoms with Gasteiger partial charge in [-0.15, -0.1) is 5.10 Å². The normalized spacial score (nSPS) is 13.6. The Hall–Kier alpha value is -1.43. The van der Waals surface area contributed by atoms with Crippen LogP contribution in [0.25, 0.3) is 0 Å². The minimum absolute atomic E-state index is 0.0157. The molecule has 0 aliphatic carbocycles. The van der Waals surface area contributed by atoms with Gasteiger partial charge in [0.05, 0.1) is 23.5 Å². The summed E-state index contributed by atoms with van der Waals surface area (Å²) in [5.74, 6) is 0.469. The first-order chi connectivity index (χ1) is 9.24. The first kappa shape index (κ1) is 16.6. The molecule has 1 heterocycles. The van der Waals surface area contributed by atoms with Crippen molar-refractivity contribution in [1.82, 2.24) is 25.6 Å². The van der Waals surface area contributed by atoms with Crippen LogP contribution in [0.2, 0.25) is 0 Å². The van der Waals surface area contributed by atoms with Crippen LogP contribution in [-0.4, -0.2) is 34.0 Å². The van der Waals surface area contributed by atoms with Crippen molar-refractivity contribution in [3.8, 4) is 0 Å². The van der Waals surface area contributed by atoms with Gasteiger partial charge in [-0.05, 0) is 33.1 Å². The Kier molecular flexibility index (Phi) is 5.68. The van der Waals surface area contributed by atoms with Crippen LogP contribution in [-0.2, 0) is 16.9 Å². The second-order valence-electron chi connectivity index (χ2n) is 6.50. The third-order valence-corrected chi connectivity index (χ3v) is 3.03. The van der Waals surface area contributed by atoms with Crippen molar-refractivity contribution in [2.75, 3.05) is 7.05 Å². The van der Waals surface area contributed by atoms with E-state index in [4.69, 9.17) is 0 Å². The maximum Gasteiger partial charge on any atom is 0.236 e. The second-order valence-corrected chi connectivity index (χ2v) is 6.50. The molecular weight excluding hydrogens is 254 g/mol. The molecule has 0 fully saturated rings. The van der Waals surface area contributed by atoms with Gasteiger partial charge in [0.15, 0.2) is 0 Å². The number of nitrogens with zero attached hydrogens (tertiary/aromatic N) is 3. The molecule has 2 N–H and O–H groups in total. The standard InChI is InChI=1S/C14H27N5O/c1-10(2)7-12(13(20)15-6)16-8-11-9-19(18-17-11)14(3,4)5/h9-10,12,16H,7-8H2,1-6H3,(H,15,20).